The Kier molecular flexibility index (Phi) is 9.41. The van der Waals surface area contributed by atoms with E-state index in [9.17, 15) is 0 Å². The van der Waals surface area contributed by atoms with Crippen molar-refractivity contribution in [1.29, 1.82) is 0 Å². The van der Waals surface area contributed by atoms with E-state index in [0.29, 0.717) is 6.61 Å². The Morgan fingerprint density at radius 2 is 1.57 bits per heavy atom. The Morgan fingerprint density at radius 3 is 2.14 bits per heavy atom. The molecule has 1 heteroatoms. The van der Waals surface area contributed by atoms with Crippen LogP contribution < -0.4 is 0 Å². The van der Waals surface area contributed by atoms with Crippen LogP contribution in [0.15, 0.2) is 24.3 Å². The van der Waals surface area contributed by atoms with Crippen LogP contribution in [0.5, 0.6) is 0 Å². The molecule has 1 N–H and O–H groups in total. The molecular weight excluding hydrogens is 256 g/mol. The first-order valence-electron chi connectivity index (χ1n) is 8.87. The van der Waals surface area contributed by atoms with Crippen molar-refractivity contribution in [3.8, 4) is 0 Å². The Hall–Kier alpha value is -0.820. The van der Waals surface area contributed by atoms with Gasteiger partial charge in [0.25, 0.3) is 0 Å². The minimum atomic E-state index is 0.343. The smallest absolute Gasteiger partial charge is 0.0431 e. The molecule has 0 aliphatic heterocycles. The summed E-state index contributed by atoms with van der Waals surface area (Å²) in [6, 6.07) is 9.35. The second-order valence-electron chi connectivity index (χ2n) is 6.75. The average Bonchev–Trinajstić information content (AvgIpc) is 2.46. The molecule has 0 saturated heterocycles. The summed E-state index contributed by atoms with van der Waals surface area (Å²) in [5.41, 5.74) is 2.98. The van der Waals surface area contributed by atoms with Crippen molar-refractivity contribution in [2.45, 2.75) is 78.1 Å². The molecule has 0 bridgehead atoms. The van der Waals surface area contributed by atoms with E-state index in [-0.39, 0.29) is 0 Å². The zero-order valence-corrected chi connectivity index (χ0v) is 14.3. The number of hydrogen-bond acceptors (Lipinski definition) is 1. The van der Waals surface area contributed by atoms with Gasteiger partial charge in [0.15, 0.2) is 0 Å². The number of unbranched alkanes of at least 4 members (excludes halogenated alkanes) is 3. The SMILES string of the molecule is CCCC(CCCCCCO)c1ccc(CC(C)C)cc1. The Labute approximate surface area is 131 Å². The van der Waals surface area contributed by atoms with Crippen molar-refractivity contribution in [1.82, 2.24) is 0 Å². The quantitative estimate of drug-likeness (QED) is 0.517. The molecule has 1 aromatic rings. The van der Waals surface area contributed by atoms with Crippen LogP contribution in [0, 0.1) is 5.92 Å². The van der Waals surface area contributed by atoms with Gasteiger partial charge in [0.05, 0.1) is 0 Å². The Balaban J connectivity index is 2.50. The van der Waals surface area contributed by atoms with Crippen molar-refractivity contribution in [3.63, 3.8) is 0 Å². The van der Waals surface area contributed by atoms with Crippen molar-refractivity contribution in [3.05, 3.63) is 35.4 Å². The minimum Gasteiger partial charge on any atom is -0.396 e. The Morgan fingerprint density at radius 1 is 0.905 bits per heavy atom. The minimum absolute atomic E-state index is 0.343. The molecule has 0 radical (unpaired) electrons. The number of rotatable bonds is 11. The lowest BCUT2D eigenvalue weighted by atomic mass is 9.88. The third-order valence-corrected chi connectivity index (χ3v) is 4.19. The van der Waals surface area contributed by atoms with E-state index in [1.165, 1.54) is 56.1 Å². The van der Waals surface area contributed by atoms with Crippen molar-refractivity contribution in [2.75, 3.05) is 6.61 Å². The first-order valence-corrected chi connectivity index (χ1v) is 8.87. The number of hydrogen-bond donors (Lipinski definition) is 1. The van der Waals surface area contributed by atoms with Crippen molar-refractivity contribution in [2.24, 2.45) is 5.92 Å². The molecule has 1 rings (SSSR count). The summed E-state index contributed by atoms with van der Waals surface area (Å²) in [4.78, 5) is 0. The highest BCUT2D eigenvalue weighted by Crippen LogP contribution is 2.28. The first-order chi connectivity index (χ1) is 10.2. The van der Waals surface area contributed by atoms with E-state index >= 15 is 0 Å². The van der Waals surface area contributed by atoms with Crippen LogP contribution in [0.2, 0.25) is 0 Å². The fourth-order valence-corrected chi connectivity index (χ4v) is 3.08. The molecule has 1 aromatic carbocycles. The molecule has 0 aliphatic rings. The lowest BCUT2D eigenvalue weighted by Crippen LogP contribution is -2.00. The van der Waals surface area contributed by atoms with Crippen molar-refractivity contribution < 1.29 is 5.11 Å². The average molecular weight is 290 g/mol. The first kappa shape index (κ1) is 18.2. The van der Waals surface area contributed by atoms with E-state index in [1.807, 2.05) is 0 Å². The monoisotopic (exact) mass is 290 g/mol. The van der Waals surface area contributed by atoms with Crippen LogP contribution >= 0.6 is 0 Å². The molecule has 0 aromatic heterocycles. The van der Waals surface area contributed by atoms with Crippen LogP contribution in [0.25, 0.3) is 0 Å². The summed E-state index contributed by atoms with van der Waals surface area (Å²) in [5, 5.41) is 8.83. The van der Waals surface area contributed by atoms with Gasteiger partial charge in [-0.2, -0.15) is 0 Å². The third kappa shape index (κ3) is 7.66. The summed E-state index contributed by atoms with van der Waals surface area (Å²) in [7, 11) is 0. The van der Waals surface area contributed by atoms with Crippen molar-refractivity contribution >= 4 is 0 Å². The molecule has 0 amide bonds. The fourth-order valence-electron chi connectivity index (χ4n) is 3.08. The normalized spacial score (nSPS) is 12.8. The zero-order chi connectivity index (χ0) is 15.5. The number of aliphatic hydroxyl groups is 1. The van der Waals surface area contributed by atoms with E-state index in [4.69, 9.17) is 5.11 Å². The molecule has 120 valence electrons. The molecule has 0 saturated carbocycles. The fraction of sp³-hybridized carbons (Fsp3) is 0.700. The van der Waals surface area contributed by atoms with Crippen LogP contribution in [0.3, 0.4) is 0 Å². The molecular formula is C20H34O. The van der Waals surface area contributed by atoms with Crippen LogP contribution in [0.1, 0.15) is 82.8 Å². The van der Waals surface area contributed by atoms with Gasteiger partial charge < -0.3 is 5.11 Å². The van der Waals surface area contributed by atoms with Crippen LogP contribution in [-0.2, 0) is 6.42 Å². The highest BCUT2D eigenvalue weighted by molar-refractivity contribution is 5.25. The molecule has 0 heterocycles. The van der Waals surface area contributed by atoms with Gasteiger partial charge in [-0.15, -0.1) is 0 Å². The van der Waals surface area contributed by atoms with Gasteiger partial charge in [-0.3, -0.25) is 0 Å². The standard InChI is InChI=1S/C20H34O/c1-4-9-19(10-7-5-6-8-15-21)20-13-11-18(12-14-20)16-17(2)3/h11-14,17,19,21H,4-10,15-16H2,1-3H3. The zero-order valence-electron chi connectivity index (χ0n) is 14.3. The van der Waals surface area contributed by atoms with E-state index in [2.05, 4.69) is 45.0 Å². The summed E-state index contributed by atoms with van der Waals surface area (Å²) >= 11 is 0. The molecule has 21 heavy (non-hydrogen) atoms. The number of benzene rings is 1. The molecule has 1 nitrogen and oxygen atoms in total. The van der Waals surface area contributed by atoms with Gasteiger partial charge in [0, 0.05) is 6.61 Å². The molecule has 1 unspecified atom stereocenters. The van der Waals surface area contributed by atoms with Gasteiger partial charge in [-0.25, -0.2) is 0 Å². The summed E-state index contributed by atoms with van der Waals surface area (Å²) in [6.07, 6.45) is 9.71. The number of aliphatic hydroxyl groups excluding tert-OH is 1. The van der Waals surface area contributed by atoms with Gasteiger partial charge in [0.2, 0.25) is 0 Å². The maximum absolute atomic E-state index is 8.83. The van der Waals surface area contributed by atoms with E-state index < -0.39 is 0 Å². The second kappa shape index (κ2) is 10.8. The predicted octanol–water partition coefficient (Wildman–Crippen LogP) is 5.71. The van der Waals surface area contributed by atoms with Gasteiger partial charge in [0.1, 0.15) is 0 Å². The van der Waals surface area contributed by atoms with Gasteiger partial charge >= 0.3 is 0 Å². The maximum Gasteiger partial charge on any atom is 0.0431 e. The predicted molar refractivity (Wildman–Crippen MR) is 92.8 cm³/mol. The van der Waals surface area contributed by atoms with E-state index in [0.717, 1.165) is 18.3 Å². The van der Waals surface area contributed by atoms with Crippen LogP contribution in [-0.4, -0.2) is 11.7 Å². The maximum atomic E-state index is 8.83. The molecule has 0 spiro atoms. The molecule has 0 aliphatic carbocycles. The third-order valence-electron chi connectivity index (χ3n) is 4.19. The lowest BCUT2D eigenvalue weighted by Gasteiger charge is -2.17. The molecule has 0 fully saturated rings. The highest BCUT2D eigenvalue weighted by Gasteiger charge is 2.10. The summed E-state index contributed by atoms with van der Waals surface area (Å²) < 4.78 is 0. The summed E-state index contributed by atoms with van der Waals surface area (Å²) in [6.45, 7) is 7.18. The van der Waals surface area contributed by atoms with Gasteiger partial charge in [-0.1, -0.05) is 70.7 Å². The highest BCUT2D eigenvalue weighted by atomic mass is 16.2. The topological polar surface area (TPSA) is 20.2 Å². The van der Waals surface area contributed by atoms with E-state index in [1.54, 1.807) is 0 Å². The second-order valence-corrected chi connectivity index (χ2v) is 6.75. The Bertz CT molecular complexity index is 353. The lowest BCUT2D eigenvalue weighted by molar-refractivity contribution is 0.282. The summed E-state index contributed by atoms with van der Waals surface area (Å²) in [5.74, 6) is 1.45. The van der Waals surface area contributed by atoms with Crippen LogP contribution in [0.4, 0.5) is 0 Å². The largest absolute Gasteiger partial charge is 0.396 e. The van der Waals surface area contributed by atoms with Gasteiger partial charge in [-0.05, 0) is 48.6 Å². The molecule has 1 atom stereocenters.